The van der Waals surface area contributed by atoms with Gasteiger partial charge in [0.15, 0.2) is 5.82 Å². The van der Waals surface area contributed by atoms with Crippen LogP contribution in [-0.4, -0.2) is 57.3 Å². The Morgan fingerprint density at radius 1 is 0.966 bits per heavy atom. The zero-order valence-corrected chi connectivity index (χ0v) is 16.9. The summed E-state index contributed by atoms with van der Waals surface area (Å²) in [6, 6.07) is 13.1. The van der Waals surface area contributed by atoms with Crippen molar-refractivity contribution in [2.45, 2.75) is 25.3 Å². The van der Waals surface area contributed by atoms with E-state index < -0.39 is 0 Å². The number of rotatable bonds is 3. The predicted octanol–water partition coefficient (Wildman–Crippen LogP) is 4.43. The highest BCUT2D eigenvalue weighted by molar-refractivity contribution is 6.31. The maximum atomic E-state index is 6.09. The monoisotopic (exact) mass is 406 g/mol. The molecule has 4 heterocycles. The SMILES string of the molecule is Clc1ccc2c(-c3nc4ccc(N5CCC(N6CCC6)CC5)cc4[nH]3)n[nH]c2c1. The molecule has 2 fully saturated rings. The summed E-state index contributed by atoms with van der Waals surface area (Å²) in [6.07, 6.45) is 3.89. The van der Waals surface area contributed by atoms with Crippen molar-refractivity contribution >= 4 is 39.2 Å². The second-order valence-corrected chi connectivity index (χ2v) is 8.59. The van der Waals surface area contributed by atoms with Crippen molar-refractivity contribution in [2.24, 2.45) is 0 Å². The average molecular weight is 407 g/mol. The van der Waals surface area contributed by atoms with Gasteiger partial charge in [-0.15, -0.1) is 0 Å². The second kappa shape index (κ2) is 6.75. The maximum absolute atomic E-state index is 6.09. The molecule has 2 saturated heterocycles. The van der Waals surface area contributed by atoms with Crippen molar-refractivity contribution < 1.29 is 0 Å². The molecule has 4 aromatic rings. The van der Waals surface area contributed by atoms with E-state index in [1.54, 1.807) is 0 Å². The highest BCUT2D eigenvalue weighted by Crippen LogP contribution is 2.30. The minimum atomic E-state index is 0.694. The van der Waals surface area contributed by atoms with Crippen LogP contribution in [-0.2, 0) is 0 Å². The fourth-order valence-electron chi connectivity index (χ4n) is 4.67. The average Bonchev–Trinajstić information content (AvgIpc) is 3.29. The Hall–Kier alpha value is -2.57. The molecule has 0 amide bonds. The van der Waals surface area contributed by atoms with Crippen molar-refractivity contribution in [2.75, 3.05) is 31.1 Å². The molecule has 0 atom stereocenters. The van der Waals surface area contributed by atoms with Crippen LogP contribution in [0, 0.1) is 0 Å². The van der Waals surface area contributed by atoms with E-state index in [2.05, 4.69) is 43.2 Å². The molecule has 2 aliphatic rings. The summed E-state index contributed by atoms with van der Waals surface area (Å²) in [6.45, 7) is 4.83. The summed E-state index contributed by atoms with van der Waals surface area (Å²) in [5.74, 6) is 0.780. The van der Waals surface area contributed by atoms with Crippen molar-refractivity contribution in [1.29, 1.82) is 0 Å². The molecule has 0 spiro atoms. The first kappa shape index (κ1) is 17.3. The quantitative estimate of drug-likeness (QED) is 0.528. The number of H-pyrrole nitrogens is 2. The zero-order valence-electron chi connectivity index (χ0n) is 16.2. The fourth-order valence-corrected chi connectivity index (χ4v) is 4.85. The molecule has 0 aliphatic carbocycles. The van der Waals surface area contributed by atoms with Gasteiger partial charge in [0.1, 0.15) is 5.69 Å². The molecule has 148 valence electrons. The second-order valence-electron chi connectivity index (χ2n) is 8.16. The summed E-state index contributed by atoms with van der Waals surface area (Å²) in [7, 11) is 0. The van der Waals surface area contributed by atoms with Crippen LogP contribution in [0.4, 0.5) is 5.69 Å². The van der Waals surface area contributed by atoms with Crippen LogP contribution in [0.2, 0.25) is 5.02 Å². The largest absolute Gasteiger partial charge is 0.371 e. The summed E-state index contributed by atoms with van der Waals surface area (Å²) >= 11 is 6.09. The fraction of sp³-hybridized carbons (Fsp3) is 0.364. The lowest BCUT2D eigenvalue weighted by Crippen LogP contribution is -2.50. The summed E-state index contributed by atoms with van der Waals surface area (Å²) < 4.78 is 0. The van der Waals surface area contributed by atoms with E-state index >= 15 is 0 Å². The molecular formula is C22H23ClN6. The van der Waals surface area contributed by atoms with Gasteiger partial charge < -0.3 is 14.8 Å². The number of aromatic nitrogens is 4. The lowest BCUT2D eigenvalue weighted by molar-refractivity contribution is 0.100. The van der Waals surface area contributed by atoms with E-state index in [-0.39, 0.29) is 0 Å². The number of nitrogens with one attached hydrogen (secondary N) is 2. The molecule has 2 aromatic carbocycles. The van der Waals surface area contributed by atoms with E-state index in [4.69, 9.17) is 16.6 Å². The van der Waals surface area contributed by atoms with Crippen LogP contribution >= 0.6 is 11.6 Å². The van der Waals surface area contributed by atoms with Gasteiger partial charge in [-0.3, -0.25) is 5.10 Å². The van der Waals surface area contributed by atoms with Crippen LogP contribution in [0.3, 0.4) is 0 Å². The Morgan fingerprint density at radius 3 is 2.62 bits per heavy atom. The van der Waals surface area contributed by atoms with E-state index in [0.717, 1.165) is 52.6 Å². The van der Waals surface area contributed by atoms with Gasteiger partial charge in [-0.1, -0.05) is 11.6 Å². The summed E-state index contributed by atoms with van der Waals surface area (Å²) in [5.41, 5.74) is 5.02. The number of aromatic amines is 2. The molecule has 7 heteroatoms. The molecule has 2 N–H and O–H groups in total. The van der Waals surface area contributed by atoms with E-state index in [0.29, 0.717) is 5.02 Å². The van der Waals surface area contributed by atoms with Crippen LogP contribution in [0.1, 0.15) is 19.3 Å². The highest BCUT2D eigenvalue weighted by Gasteiger charge is 2.28. The topological polar surface area (TPSA) is 63.8 Å². The van der Waals surface area contributed by atoms with E-state index in [1.807, 2.05) is 18.2 Å². The van der Waals surface area contributed by atoms with Crippen LogP contribution in [0.25, 0.3) is 33.5 Å². The number of hydrogen-bond donors (Lipinski definition) is 2. The van der Waals surface area contributed by atoms with Gasteiger partial charge in [-0.2, -0.15) is 5.10 Å². The van der Waals surface area contributed by atoms with Crippen LogP contribution in [0.5, 0.6) is 0 Å². The first-order valence-electron chi connectivity index (χ1n) is 10.4. The number of benzene rings is 2. The first-order chi connectivity index (χ1) is 14.2. The Kier molecular flexibility index (Phi) is 4.03. The van der Waals surface area contributed by atoms with Gasteiger partial charge in [0, 0.05) is 35.2 Å². The smallest absolute Gasteiger partial charge is 0.159 e. The van der Waals surface area contributed by atoms with Gasteiger partial charge in [-0.25, -0.2) is 4.98 Å². The molecule has 2 aliphatic heterocycles. The molecular weight excluding hydrogens is 384 g/mol. The minimum absolute atomic E-state index is 0.694. The third-order valence-corrected chi connectivity index (χ3v) is 6.69. The number of halogens is 1. The lowest BCUT2D eigenvalue weighted by atomic mass is 9.99. The normalized spacial score (nSPS) is 18.6. The molecule has 6 rings (SSSR count). The van der Waals surface area contributed by atoms with Crippen molar-refractivity contribution in [3.8, 4) is 11.5 Å². The Bertz CT molecular complexity index is 1180. The first-order valence-corrected chi connectivity index (χ1v) is 10.8. The summed E-state index contributed by atoms with van der Waals surface area (Å²) in [5, 5.41) is 9.22. The molecule has 0 saturated carbocycles. The Morgan fingerprint density at radius 2 is 1.83 bits per heavy atom. The van der Waals surface area contributed by atoms with Crippen LogP contribution < -0.4 is 4.90 Å². The van der Waals surface area contributed by atoms with Gasteiger partial charge in [-0.05, 0) is 68.8 Å². The van der Waals surface area contributed by atoms with E-state index in [9.17, 15) is 0 Å². The van der Waals surface area contributed by atoms with Crippen LogP contribution in [0.15, 0.2) is 36.4 Å². The highest BCUT2D eigenvalue weighted by atomic mass is 35.5. The third kappa shape index (κ3) is 2.98. The Labute approximate surface area is 173 Å². The predicted molar refractivity (Wildman–Crippen MR) is 118 cm³/mol. The molecule has 6 nitrogen and oxygen atoms in total. The number of fused-ring (bicyclic) bond motifs is 2. The number of imidazole rings is 1. The minimum Gasteiger partial charge on any atom is -0.371 e. The number of likely N-dealkylation sites (tertiary alicyclic amines) is 1. The van der Waals surface area contributed by atoms with Gasteiger partial charge >= 0.3 is 0 Å². The van der Waals surface area contributed by atoms with Gasteiger partial charge in [0.25, 0.3) is 0 Å². The molecule has 29 heavy (non-hydrogen) atoms. The maximum Gasteiger partial charge on any atom is 0.159 e. The third-order valence-electron chi connectivity index (χ3n) is 6.45. The van der Waals surface area contributed by atoms with Gasteiger partial charge in [0.2, 0.25) is 0 Å². The van der Waals surface area contributed by atoms with Crippen molar-refractivity contribution in [3.63, 3.8) is 0 Å². The standard InChI is InChI=1S/C22H23ClN6/c23-14-2-4-17-19(12-14)26-27-21(17)22-24-18-5-3-16(13-20(18)25-22)29-10-6-15(7-11-29)28-8-1-9-28/h2-5,12-13,15H,1,6-11H2,(H,24,25)(H,26,27). The van der Waals surface area contributed by atoms with E-state index in [1.165, 1.54) is 38.0 Å². The molecule has 0 unspecified atom stereocenters. The number of hydrogen-bond acceptors (Lipinski definition) is 4. The molecule has 0 bridgehead atoms. The lowest BCUT2D eigenvalue weighted by Gasteiger charge is -2.43. The summed E-state index contributed by atoms with van der Waals surface area (Å²) in [4.78, 5) is 13.4. The molecule has 2 aromatic heterocycles. The Balaban J connectivity index is 1.28. The van der Waals surface area contributed by atoms with Gasteiger partial charge in [0.05, 0.1) is 16.6 Å². The zero-order chi connectivity index (χ0) is 19.4. The molecule has 0 radical (unpaired) electrons. The number of anilines is 1. The van der Waals surface area contributed by atoms with Crippen molar-refractivity contribution in [3.05, 3.63) is 41.4 Å². The van der Waals surface area contributed by atoms with Crippen molar-refractivity contribution in [1.82, 2.24) is 25.1 Å². The number of piperidine rings is 1. The number of nitrogens with zero attached hydrogens (tertiary/aromatic N) is 4.